The van der Waals surface area contributed by atoms with Crippen LogP contribution in [-0.4, -0.2) is 17.0 Å². The lowest BCUT2D eigenvalue weighted by Gasteiger charge is -2.10. The van der Waals surface area contributed by atoms with Gasteiger partial charge in [-0.05, 0) is 18.4 Å². The van der Waals surface area contributed by atoms with Gasteiger partial charge in [-0.1, -0.05) is 13.8 Å². The summed E-state index contributed by atoms with van der Waals surface area (Å²) in [6, 6.07) is 1.50. The predicted molar refractivity (Wildman–Crippen MR) is 56.3 cm³/mol. The van der Waals surface area contributed by atoms with Crippen LogP contribution < -0.4 is 4.74 Å². The first-order valence-corrected chi connectivity index (χ1v) is 4.67. The van der Waals surface area contributed by atoms with Gasteiger partial charge in [-0.2, -0.15) is 0 Å². The van der Waals surface area contributed by atoms with Crippen LogP contribution in [0.25, 0.3) is 0 Å². The summed E-state index contributed by atoms with van der Waals surface area (Å²) >= 11 is 0. The van der Waals surface area contributed by atoms with Crippen molar-refractivity contribution in [3.05, 3.63) is 27.4 Å². The minimum Gasteiger partial charge on any atom is -0.476 e. The van der Waals surface area contributed by atoms with Gasteiger partial charge in [0, 0.05) is 6.07 Å². The highest BCUT2D eigenvalue weighted by Gasteiger charge is 2.20. The largest absolute Gasteiger partial charge is 0.476 e. The summed E-state index contributed by atoms with van der Waals surface area (Å²) in [6.07, 6.45) is 0. The van der Waals surface area contributed by atoms with Crippen molar-refractivity contribution in [2.45, 2.75) is 26.7 Å². The standard InChI is InChI=1S/C10H14N2O3/c1-6(2)9-7(3)5-8(12(13)14)10(11-9)15-4/h5-6H,1-4H3. The zero-order chi connectivity index (χ0) is 11.6. The van der Waals surface area contributed by atoms with Gasteiger partial charge in [-0.3, -0.25) is 10.1 Å². The molecule has 0 saturated carbocycles. The van der Waals surface area contributed by atoms with Crippen LogP contribution in [0.3, 0.4) is 0 Å². The Kier molecular flexibility index (Phi) is 3.24. The van der Waals surface area contributed by atoms with E-state index in [9.17, 15) is 10.1 Å². The van der Waals surface area contributed by atoms with E-state index in [1.165, 1.54) is 13.2 Å². The van der Waals surface area contributed by atoms with E-state index in [0.717, 1.165) is 11.3 Å². The Morgan fingerprint density at radius 3 is 2.53 bits per heavy atom. The highest BCUT2D eigenvalue weighted by atomic mass is 16.6. The maximum atomic E-state index is 10.7. The number of ether oxygens (including phenoxy) is 1. The lowest BCUT2D eigenvalue weighted by molar-refractivity contribution is -0.386. The van der Waals surface area contributed by atoms with Crippen molar-refractivity contribution in [2.24, 2.45) is 0 Å². The van der Waals surface area contributed by atoms with Gasteiger partial charge in [-0.15, -0.1) is 0 Å². The molecule has 1 aromatic rings. The van der Waals surface area contributed by atoms with E-state index in [4.69, 9.17) is 4.74 Å². The lowest BCUT2D eigenvalue weighted by Crippen LogP contribution is -2.03. The van der Waals surface area contributed by atoms with E-state index >= 15 is 0 Å². The highest BCUT2D eigenvalue weighted by Crippen LogP contribution is 2.29. The molecule has 0 amide bonds. The Bertz CT molecular complexity index is 388. The molecule has 5 nitrogen and oxygen atoms in total. The zero-order valence-electron chi connectivity index (χ0n) is 9.27. The molecule has 0 aliphatic heterocycles. The first kappa shape index (κ1) is 11.4. The molecule has 1 rings (SSSR count). The molecule has 82 valence electrons. The topological polar surface area (TPSA) is 65.3 Å². The van der Waals surface area contributed by atoms with Crippen LogP contribution in [-0.2, 0) is 0 Å². The molecule has 0 aromatic carbocycles. The summed E-state index contributed by atoms with van der Waals surface area (Å²) in [5.74, 6) is 0.300. The molecular formula is C10H14N2O3. The van der Waals surface area contributed by atoms with Crippen molar-refractivity contribution in [2.75, 3.05) is 7.11 Å². The van der Waals surface area contributed by atoms with Gasteiger partial charge >= 0.3 is 5.69 Å². The maximum absolute atomic E-state index is 10.7. The van der Waals surface area contributed by atoms with Crippen molar-refractivity contribution in [3.8, 4) is 5.88 Å². The molecule has 0 spiro atoms. The van der Waals surface area contributed by atoms with Crippen LogP contribution >= 0.6 is 0 Å². The quantitative estimate of drug-likeness (QED) is 0.567. The fourth-order valence-electron chi connectivity index (χ4n) is 1.46. The van der Waals surface area contributed by atoms with E-state index in [-0.39, 0.29) is 17.5 Å². The number of aryl methyl sites for hydroxylation is 1. The fraction of sp³-hybridized carbons (Fsp3) is 0.500. The molecule has 0 aliphatic rings. The average Bonchev–Trinajstić information content (AvgIpc) is 2.16. The number of methoxy groups -OCH3 is 1. The second-order valence-electron chi connectivity index (χ2n) is 3.63. The summed E-state index contributed by atoms with van der Waals surface area (Å²) in [6.45, 7) is 5.79. The Labute approximate surface area is 88.2 Å². The van der Waals surface area contributed by atoms with E-state index in [0.29, 0.717) is 0 Å². The number of hydrogen-bond acceptors (Lipinski definition) is 4. The van der Waals surface area contributed by atoms with Gasteiger partial charge < -0.3 is 4.74 Å². The molecule has 5 heteroatoms. The van der Waals surface area contributed by atoms with Gasteiger partial charge in [0.15, 0.2) is 0 Å². The van der Waals surface area contributed by atoms with E-state index in [1.54, 1.807) is 0 Å². The minimum atomic E-state index is -0.483. The molecular weight excluding hydrogens is 196 g/mol. The molecule has 0 bridgehead atoms. The third kappa shape index (κ3) is 2.23. The average molecular weight is 210 g/mol. The highest BCUT2D eigenvalue weighted by molar-refractivity contribution is 5.45. The maximum Gasteiger partial charge on any atom is 0.331 e. The molecule has 0 fully saturated rings. The van der Waals surface area contributed by atoms with Gasteiger partial charge in [0.05, 0.1) is 17.7 Å². The van der Waals surface area contributed by atoms with Crippen LogP contribution in [0.4, 0.5) is 5.69 Å². The lowest BCUT2D eigenvalue weighted by atomic mass is 10.0. The smallest absolute Gasteiger partial charge is 0.331 e. The second kappa shape index (κ2) is 4.25. The van der Waals surface area contributed by atoms with Crippen molar-refractivity contribution in [1.29, 1.82) is 0 Å². The van der Waals surface area contributed by atoms with Gasteiger partial charge in [0.25, 0.3) is 5.88 Å². The van der Waals surface area contributed by atoms with Crippen molar-refractivity contribution >= 4 is 5.69 Å². The van der Waals surface area contributed by atoms with Gasteiger partial charge in [-0.25, -0.2) is 4.98 Å². The molecule has 0 aliphatic carbocycles. The van der Waals surface area contributed by atoms with Crippen molar-refractivity contribution in [3.63, 3.8) is 0 Å². The molecule has 0 unspecified atom stereocenters. The van der Waals surface area contributed by atoms with Gasteiger partial charge in [0.1, 0.15) is 0 Å². The van der Waals surface area contributed by atoms with Crippen LogP contribution in [0, 0.1) is 17.0 Å². The summed E-state index contributed by atoms with van der Waals surface area (Å²) in [5.41, 5.74) is 1.56. The van der Waals surface area contributed by atoms with Crippen LogP contribution in [0.15, 0.2) is 6.07 Å². The number of pyridine rings is 1. The van der Waals surface area contributed by atoms with E-state index < -0.39 is 4.92 Å². The molecule has 1 heterocycles. The molecule has 15 heavy (non-hydrogen) atoms. The summed E-state index contributed by atoms with van der Waals surface area (Å²) in [7, 11) is 1.38. The van der Waals surface area contributed by atoms with Gasteiger partial charge in [0.2, 0.25) is 0 Å². The van der Waals surface area contributed by atoms with E-state index in [1.807, 2.05) is 20.8 Å². The Morgan fingerprint density at radius 1 is 1.53 bits per heavy atom. The first-order valence-electron chi connectivity index (χ1n) is 4.67. The van der Waals surface area contributed by atoms with Crippen LogP contribution in [0.2, 0.25) is 0 Å². The number of aromatic nitrogens is 1. The monoisotopic (exact) mass is 210 g/mol. The zero-order valence-corrected chi connectivity index (χ0v) is 9.27. The molecule has 0 radical (unpaired) electrons. The molecule has 0 saturated heterocycles. The Morgan fingerprint density at radius 2 is 2.13 bits per heavy atom. The fourth-order valence-corrected chi connectivity index (χ4v) is 1.46. The first-order chi connectivity index (χ1) is 6.97. The normalized spacial score (nSPS) is 10.5. The summed E-state index contributed by atoms with van der Waals surface area (Å²) in [4.78, 5) is 14.4. The molecule has 1 aromatic heterocycles. The molecule has 0 N–H and O–H groups in total. The SMILES string of the molecule is COc1nc(C(C)C)c(C)cc1[N+](=O)[O-]. The number of rotatable bonds is 3. The minimum absolute atomic E-state index is 0.0781. The predicted octanol–water partition coefficient (Wildman–Crippen LogP) is 2.43. The second-order valence-corrected chi connectivity index (χ2v) is 3.63. The molecule has 0 atom stereocenters. The third-order valence-corrected chi connectivity index (χ3v) is 2.14. The van der Waals surface area contributed by atoms with Crippen LogP contribution in [0.1, 0.15) is 31.0 Å². The number of hydrogen-bond donors (Lipinski definition) is 0. The van der Waals surface area contributed by atoms with Crippen LogP contribution in [0.5, 0.6) is 5.88 Å². The Hall–Kier alpha value is -1.65. The number of nitro groups is 1. The van der Waals surface area contributed by atoms with Crippen molar-refractivity contribution < 1.29 is 9.66 Å². The Balaban J connectivity index is 3.35. The van der Waals surface area contributed by atoms with Crippen molar-refractivity contribution in [1.82, 2.24) is 4.98 Å². The van der Waals surface area contributed by atoms with E-state index in [2.05, 4.69) is 4.98 Å². The number of nitrogens with zero attached hydrogens (tertiary/aromatic N) is 2. The third-order valence-electron chi connectivity index (χ3n) is 2.14. The summed E-state index contributed by atoms with van der Waals surface area (Å²) < 4.78 is 4.90. The summed E-state index contributed by atoms with van der Waals surface area (Å²) in [5, 5.41) is 10.7.